The fourth-order valence-electron chi connectivity index (χ4n) is 1.65. The van der Waals surface area contributed by atoms with Crippen molar-refractivity contribution in [2.45, 2.75) is 20.8 Å². The van der Waals surface area contributed by atoms with Crippen molar-refractivity contribution in [1.29, 1.82) is 0 Å². The van der Waals surface area contributed by atoms with Crippen LogP contribution in [-0.2, 0) is 0 Å². The molecule has 2 heterocycles. The number of carboxylic acids is 1. The maximum Gasteiger partial charge on any atom is 0.337 e. The molecule has 2 rings (SSSR count). The first-order valence-electron chi connectivity index (χ1n) is 4.70. The van der Waals surface area contributed by atoms with Crippen LogP contribution >= 0.6 is 0 Å². The van der Waals surface area contributed by atoms with Crippen LogP contribution in [0.1, 0.15) is 27.3 Å². The number of imidazole rings is 1. The lowest BCUT2D eigenvalue weighted by atomic mass is 10.2. The van der Waals surface area contributed by atoms with E-state index >= 15 is 0 Å². The highest BCUT2D eigenvalue weighted by molar-refractivity contribution is 5.88. The molecule has 0 saturated heterocycles. The van der Waals surface area contributed by atoms with Crippen LogP contribution in [0.25, 0.3) is 5.65 Å². The smallest absolute Gasteiger partial charge is 0.337 e. The standard InChI is InChI=1S/C11H12N2O2/c1-6-4-9(11(14)15)5-13-8(3)7(2)12-10(6)13/h4-5H,1-3H3,(H,14,15). The number of aromatic carboxylic acids is 1. The molecule has 0 unspecified atom stereocenters. The zero-order valence-electron chi connectivity index (χ0n) is 8.90. The van der Waals surface area contributed by atoms with Gasteiger partial charge in [0, 0.05) is 11.9 Å². The number of aromatic nitrogens is 2. The largest absolute Gasteiger partial charge is 0.478 e. The number of carboxylic acid groups (broad SMARTS) is 1. The van der Waals surface area contributed by atoms with E-state index in [1.54, 1.807) is 12.3 Å². The van der Waals surface area contributed by atoms with Gasteiger partial charge in [-0.25, -0.2) is 9.78 Å². The molecule has 0 aliphatic rings. The van der Waals surface area contributed by atoms with Gasteiger partial charge in [0.05, 0.1) is 11.3 Å². The Morgan fingerprint density at radius 1 is 1.40 bits per heavy atom. The average Bonchev–Trinajstić information content (AvgIpc) is 2.45. The van der Waals surface area contributed by atoms with Gasteiger partial charge in [0.15, 0.2) is 0 Å². The second kappa shape index (κ2) is 3.08. The van der Waals surface area contributed by atoms with Gasteiger partial charge in [0.1, 0.15) is 5.65 Å². The van der Waals surface area contributed by atoms with Gasteiger partial charge < -0.3 is 9.51 Å². The van der Waals surface area contributed by atoms with E-state index in [4.69, 9.17) is 5.11 Å². The molecule has 0 bridgehead atoms. The lowest BCUT2D eigenvalue weighted by Gasteiger charge is -2.02. The Morgan fingerprint density at radius 3 is 2.67 bits per heavy atom. The average molecular weight is 204 g/mol. The number of hydrogen-bond acceptors (Lipinski definition) is 2. The van der Waals surface area contributed by atoms with Crippen LogP contribution in [-0.4, -0.2) is 20.5 Å². The van der Waals surface area contributed by atoms with E-state index in [0.29, 0.717) is 5.56 Å². The highest BCUT2D eigenvalue weighted by Crippen LogP contribution is 2.16. The summed E-state index contributed by atoms with van der Waals surface area (Å²) in [6.45, 7) is 5.72. The summed E-state index contributed by atoms with van der Waals surface area (Å²) in [5, 5.41) is 8.93. The molecule has 2 aromatic heterocycles. The van der Waals surface area contributed by atoms with Crippen LogP contribution in [0.4, 0.5) is 0 Å². The van der Waals surface area contributed by atoms with Gasteiger partial charge >= 0.3 is 5.97 Å². The zero-order valence-corrected chi connectivity index (χ0v) is 8.90. The van der Waals surface area contributed by atoms with Gasteiger partial charge in [-0.05, 0) is 32.4 Å². The summed E-state index contributed by atoms with van der Waals surface area (Å²) in [7, 11) is 0. The third-order valence-corrected chi connectivity index (χ3v) is 2.63. The molecule has 4 nitrogen and oxygen atoms in total. The Balaban J connectivity index is 2.85. The normalized spacial score (nSPS) is 10.9. The van der Waals surface area contributed by atoms with Crippen LogP contribution in [0.5, 0.6) is 0 Å². The molecule has 78 valence electrons. The molecule has 0 spiro atoms. The van der Waals surface area contributed by atoms with Crippen molar-refractivity contribution in [2.75, 3.05) is 0 Å². The third kappa shape index (κ3) is 1.38. The van der Waals surface area contributed by atoms with Gasteiger partial charge in [-0.1, -0.05) is 0 Å². The number of carbonyl (C=O) groups is 1. The number of aryl methyl sites for hydroxylation is 3. The predicted molar refractivity (Wildman–Crippen MR) is 56.4 cm³/mol. The first kappa shape index (κ1) is 9.71. The first-order valence-corrected chi connectivity index (χ1v) is 4.70. The maximum absolute atomic E-state index is 10.9. The number of nitrogens with zero attached hydrogens (tertiary/aromatic N) is 2. The molecule has 15 heavy (non-hydrogen) atoms. The number of fused-ring (bicyclic) bond motifs is 1. The van der Waals surface area contributed by atoms with Crippen molar-refractivity contribution in [2.24, 2.45) is 0 Å². The molecule has 0 atom stereocenters. The first-order chi connectivity index (χ1) is 7.00. The van der Waals surface area contributed by atoms with Gasteiger partial charge in [-0.2, -0.15) is 0 Å². The topological polar surface area (TPSA) is 54.6 Å². The zero-order chi connectivity index (χ0) is 11.2. The van der Waals surface area contributed by atoms with Gasteiger partial charge in [-0.15, -0.1) is 0 Å². The molecule has 0 aromatic carbocycles. The molecule has 0 amide bonds. The van der Waals surface area contributed by atoms with Crippen molar-refractivity contribution in [3.8, 4) is 0 Å². The quantitative estimate of drug-likeness (QED) is 0.772. The summed E-state index contributed by atoms with van der Waals surface area (Å²) < 4.78 is 1.83. The molecule has 0 fully saturated rings. The van der Waals surface area contributed by atoms with Crippen molar-refractivity contribution >= 4 is 11.6 Å². The molecular formula is C11H12N2O2. The molecule has 0 saturated carbocycles. The lowest BCUT2D eigenvalue weighted by Crippen LogP contribution is -2.01. The predicted octanol–water partition coefficient (Wildman–Crippen LogP) is 1.96. The summed E-state index contributed by atoms with van der Waals surface area (Å²) in [5.41, 5.74) is 3.92. The van der Waals surface area contributed by atoms with E-state index in [2.05, 4.69) is 4.98 Å². The molecule has 0 radical (unpaired) electrons. The summed E-state index contributed by atoms with van der Waals surface area (Å²) in [4.78, 5) is 15.3. The van der Waals surface area contributed by atoms with E-state index in [1.807, 2.05) is 25.2 Å². The van der Waals surface area contributed by atoms with Gasteiger partial charge in [0.2, 0.25) is 0 Å². The van der Waals surface area contributed by atoms with Crippen LogP contribution in [0.2, 0.25) is 0 Å². The minimum absolute atomic E-state index is 0.292. The van der Waals surface area contributed by atoms with E-state index in [0.717, 1.165) is 22.6 Å². The van der Waals surface area contributed by atoms with Crippen LogP contribution < -0.4 is 0 Å². The second-order valence-electron chi connectivity index (χ2n) is 3.69. The van der Waals surface area contributed by atoms with E-state index < -0.39 is 5.97 Å². The van der Waals surface area contributed by atoms with E-state index in [9.17, 15) is 4.79 Å². The van der Waals surface area contributed by atoms with E-state index in [1.165, 1.54) is 0 Å². The SMILES string of the molecule is Cc1nc2c(C)cc(C(=O)O)cn2c1C. The Bertz CT molecular complexity index is 555. The number of hydrogen-bond donors (Lipinski definition) is 1. The Hall–Kier alpha value is -1.84. The fourth-order valence-corrected chi connectivity index (χ4v) is 1.65. The van der Waals surface area contributed by atoms with E-state index in [-0.39, 0.29) is 0 Å². The molecule has 0 aliphatic carbocycles. The van der Waals surface area contributed by atoms with Crippen molar-refractivity contribution < 1.29 is 9.90 Å². The van der Waals surface area contributed by atoms with Crippen LogP contribution in [0, 0.1) is 20.8 Å². The minimum Gasteiger partial charge on any atom is -0.478 e. The minimum atomic E-state index is -0.911. The van der Waals surface area contributed by atoms with Crippen molar-refractivity contribution in [3.05, 3.63) is 34.8 Å². The van der Waals surface area contributed by atoms with Crippen molar-refractivity contribution in [3.63, 3.8) is 0 Å². The Kier molecular flexibility index (Phi) is 2.00. The lowest BCUT2D eigenvalue weighted by molar-refractivity contribution is 0.0696. The summed E-state index contributed by atoms with van der Waals surface area (Å²) >= 11 is 0. The summed E-state index contributed by atoms with van der Waals surface area (Å²) in [6, 6.07) is 1.64. The summed E-state index contributed by atoms with van der Waals surface area (Å²) in [6.07, 6.45) is 1.61. The molecule has 1 N–H and O–H groups in total. The molecule has 2 aromatic rings. The molecular weight excluding hydrogens is 192 g/mol. The highest BCUT2D eigenvalue weighted by Gasteiger charge is 2.11. The Labute approximate surface area is 87.2 Å². The van der Waals surface area contributed by atoms with Crippen molar-refractivity contribution in [1.82, 2.24) is 9.38 Å². The number of pyridine rings is 1. The monoisotopic (exact) mass is 204 g/mol. The Morgan fingerprint density at radius 2 is 2.07 bits per heavy atom. The fraction of sp³-hybridized carbons (Fsp3) is 0.273. The summed E-state index contributed by atoms with van der Waals surface area (Å²) in [5.74, 6) is -0.911. The third-order valence-electron chi connectivity index (χ3n) is 2.63. The van der Waals surface area contributed by atoms with Gasteiger partial charge in [-0.3, -0.25) is 0 Å². The van der Waals surface area contributed by atoms with Crippen LogP contribution in [0.3, 0.4) is 0 Å². The second-order valence-corrected chi connectivity index (χ2v) is 3.69. The molecule has 0 aliphatic heterocycles. The highest BCUT2D eigenvalue weighted by atomic mass is 16.4. The van der Waals surface area contributed by atoms with Crippen LogP contribution in [0.15, 0.2) is 12.3 Å². The number of rotatable bonds is 1. The molecule has 4 heteroatoms. The van der Waals surface area contributed by atoms with Gasteiger partial charge in [0.25, 0.3) is 0 Å². The maximum atomic E-state index is 10.9.